The Morgan fingerprint density at radius 1 is 1.22 bits per heavy atom. The van der Waals surface area contributed by atoms with Crippen LogP contribution in [-0.2, 0) is 18.6 Å². The molecular formula is C22H26N4O. The fourth-order valence-corrected chi connectivity index (χ4v) is 4.95. The van der Waals surface area contributed by atoms with E-state index in [1.165, 1.54) is 30.6 Å². The number of aromatic nitrogens is 3. The molecule has 0 amide bonds. The molecule has 4 heterocycles. The molecule has 5 nitrogen and oxygen atoms in total. The lowest BCUT2D eigenvalue weighted by atomic mass is 9.95. The fraction of sp³-hybridized carbons (Fsp3) is 0.455. The van der Waals surface area contributed by atoms with Gasteiger partial charge in [-0.15, -0.1) is 0 Å². The van der Waals surface area contributed by atoms with E-state index in [2.05, 4.69) is 14.5 Å². The average Bonchev–Trinajstić information content (AvgIpc) is 3.25. The molecule has 0 spiro atoms. The van der Waals surface area contributed by atoms with Crippen molar-refractivity contribution in [3.63, 3.8) is 0 Å². The van der Waals surface area contributed by atoms with E-state index in [0.717, 1.165) is 35.4 Å². The van der Waals surface area contributed by atoms with Crippen molar-refractivity contribution >= 4 is 11.0 Å². The Hall–Kier alpha value is -2.24. The molecule has 5 rings (SSSR count). The zero-order valence-corrected chi connectivity index (χ0v) is 16.0. The van der Waals surface area contributed by atoms with Crippen LogP contribution >= 0.6 is 0 Å². The number of fused-ring (bicyclic) bond motifs is 5. The first-order valence-electron chi connectivity index (χ1n) is 9.91. The van der Waals surface area contributed by atoms with E-state index in [-0.39, 0.29) is 0 Å². The number of nitrogens with zero attached hydrogens (tertiary/aromatic N) is 4. The fourth-order valence-electron chi connectivity index (χ4n) is 4.95. The molecule has 0 aliphatic carbocycles. The van der Waals surface area contributed by atoms with E-state index in [9.17, 15) is 5.11 Å². The maximum Gasteiger partial charge on any atom is 0.126 e. The van der Waals surface area contributed by atoms with Crippen LogP contribution in [0.2, 0.25) is 0 Å². The molecule has 1 aromatic carbocycles. The molecule has 0 saturated carbocycles. The summed E-state index contributed by atoms with van der Waals surface area (Å²) in [5.41, 5.74) is 4.84. The van der Waals surface area contributed by atoms with Crippen molar-refractivity contribution in [3.05, 3.63) is 59.2 Å². The lowest BCUT2D eigenvalue weighted by molar-refractivity contribution is 0.0383. The highest BCUT2D eigenvalue weighted by molar-refractivity contribution is 5.82. The predicted octanol–water partition coefficient (Wildman–Crippen LogP) is 3.34. The molecule has 3 aromatic rings. The molecule has 140 valence electrons. The van der Waals surface area contributed by atoms with E-state index in [1.807, 2.05) is 50.4 Å². The quantitative estimate of drug-likeness (QED) is 0.776. The second kappa shape index (κ2) is 6.14. The molecule has 1 N–H and O–H groups in total. The van der Waals surface area contributed by atoms with Crippen molar-refractivity contribution in [1.29, 1.82) is 0 Å². The van der Waals surface area contributed by atoms with E-state index in [1.54, 1.807) is 0 Å². The van der Waals surface area contributed by atoms with Crippen LogP contribution in [0.4, 0.5) is 0 Å². The van der Waals surface area contributed by atoms with E-state index in [4.69, 9.17) is 4.98 Å². The van der Waals surface area contributed by atoms with E-state index >= 15 is 0 Å². The third kappa shape index (κ3) is 2.68. The van der Waals surface area contributed by atoms with Crippen LogP contribution in [0.15, 0.2) is 36.5 Å². The Kier molecular flexibility index (Phi) is 3.85. The smallest absolute Gasteiger partial charge is 0.126 e. The van der Waals surface area contributed by atoms with E-state index < -0.39 is 5.60 Å². The summed E-state index contributed by atoms with van der Waals surface area (Å²) in [7, 11) is 0. The van der Waals surface area contributed by atoms with Crippen LogP contribution < -0.4 is 0 Å². The minimum Gasteiger partial charge on any atom is -0.384 e. The SMILES string of the molecule is Cc1ncc2c(n1)c1c(n2CC(C)(O)c2ccccc2)CCN2CCCC12. The number of hydrogen-bond acceptors (Lipinski definition) is 4. The molecule has 2 aliphatic heterocycles. The number of hydrogen-bond donors (Lipinski definition) is 1. The molecule has 2 unspecified atom stereocenters. The minimum absolute atomic E-state index is 0.466. The molecule has 2 aliphatic rings. The van der Waals surface area contributed by atoms with Crippen molar-refractivity contribution in [2.24, 2.45) is 0 Å². The van der Waals surface area contributed by atoms with Crippen LogP contribution in [0, 0.1) is 6.92 Å². The third-order valence-electron chi connectivity index (χ3n) is 6.27. The summed E-state index contributed by atoms with van der Waals surface area (Å²) >= 11 is 0. The largest absolute Gasteiger partial charge is 0.384 e. The molecule has 0 radical (unpaired) electrons. The Labute approximate surface area is 159 Å². The van der Waals surface area contributed by atoms with Crippen LogP contribution in [0.1, 0.15) is 48.5 Å². The Morgan fingerprint density at radius 2 is 2.04 bits per heavy atom. The maximum atomic E-state index is 11.3. The zero-order valence-electron chi connectivity index (χ0n) is 16.0. The van der Waals surface area contributed by atoms with Gasteiger partial charge < -0.3 is 9.67 Å². The predicted molar refractivity (Wildman–Crippen MR) is 106 cm³/mol. The van der Waals surface area contributed by atoms with Crippen molar-refractivity contribution in [2.45, 2.75) is 51.3 Å². The summed E-state index contributed by atoms with van der Waals surface area (Å²) in [6.07, 6.45) is 5.40. The van der Waals surface area contributed by atoms with Crippen LogP contribution in [0.3, 0.4) is 0 Å². The van der Waals surface area contributed by atoms with Crippen molar-refractivity contribution < 1.29 is 5.11 Å². The molecule has 2 aromatic heterocycles. The van der Waals surface area contributed by atoms with Gasteiger partial charge in [0.05, 0.1) is 23.8 Å². The first-order chi connectivity index (χ1) is 13.0. The lowest BCUT2D eigenvalue weighted by Gasteiger charge is -2.32. The Bertz CT molecular complexity index is 992. The monoisotopic (exact) mass is 362 g/mol. The van der Waals surface area contributed by atoms with Crippen molar-refractivity contribution in [2.75, 3.05) is 13.1 Å². The summed E-state index contributed by atoms with van der Waals surface area (Å²) in [6.45, 7) is 6.65. The number of aliphatic hydroxyl groups is 1. The Morgan fingerprint density at radius 3 is 2.85 bits per heavy atom. The number of aryl methyl sites for hydroxylation is 1. The second-order valence-corrected chi connectivity index (χ2v) is 8.18. The lowest BCUT2D eigenvalue weighted by Crippen LogP contribution is -2.33. The highest BCUT2D eigenvalue weighted by Gasteiger charge is 2.37. The number of rotatable bonds is 3. The van der Waals surface area contributed by atoms with Gasteiger partial charge in [-0.2, -0.15) is 0 Å². The molecule has 0 bridgehead atoms. The van der Waals surface area contributed by atoms with Crippen molar-refractivity contribution in [1.82, 2.24) is 19.4 Å². The van der Waals surface area contributed by atoms with Crippen LogP contribution in [0.25, 0.3) is 11.0 Å². The molecule has 1 fully saturated rings. The van der Waals surface area contributed by atoms with Gasteiger partial charge in [-0.3, -0.25) is 4.90 Å². The molecule has 5 heteroatoms. The van der Waals surface area contributed by atoms with Gasteiger partial charge in [0.2, 0.25) is 0 Å². The zero-order chi connectivity index (χ0) is 18.6. The molecule has 27 heavy (non-hydrogen) atoms. The van der Waals surface area contributed by atoms with Gasteiger partial charge in [0.15, 0.2) is 0 Å². The normalized spacial score (nSPS) is 21.8. The van der Waals surface area contributed by atoms with Gasteiger partial charge in [0.1, 0.15) is 11.4 Å². The third-order valence-corrected chi connectivity index (χ3v) is 6.27. The summed E-state index contributed by atoms with van der Waals surface area (Å²) in [5, 5.41) is 11.3. The summed E-state index contributed by atoms with van der Waals surface area (Å²) in [6, 6.07) is 10.4. The van der Waals surface area contributed by atoms with Gasteiger partial charge >= 0.3 is 0 Å². The van der Waals surface area contributed by atoms with Crippen LogP contribution in [-0.4, -0.2) is 37.6 Å². The number of benzene rings is 1. The maximum absolute atomic E-state index is 11.3. The molecule has 2 atom stereocenters. The van der Waals surface area contributed by atoms with Crippen molar-refractivity contribution in [3.8, 4) is 0 Å². The molecular weight excluding hydrogens is 336 g/mol. The first-order valence-corrected chi connectivity index (χ1v) is 9.91. The summed E-state index contributed by atoms with van der Waals surface area (Å²) in [5.74, 6) is 0.812. The van der Waals surface area contributed by atoms with Gasteiger partial charge in [-0.25, -0.2) is 9.97 Å². The minimum atomic E-state index is -0.946. The van der Waals surface area contributed by atoms with E-state index in [0.29, 0.717) is 12.6 Å². The topological polar surface area (TPSA) is 54.2 Å². The second-order valence-electron chi connectivity index (χ2n) is 8.18. The van der Waals surface area contributed by atoms with Gasteiger partial charge in [-0.1, -0.05) is 30.3 Å². The Balaban J connectivity index is 1.67. The van der Waals surface area contributed by atoms with Crippen LogP contribution in [0.5, 0.6) is 0 Å². The average molecular weight is 362 g/mol. The van der Waals surface area contributed by atoms with Gasteiger partial charge in [0.25, 0.3) is 0 Å². The highest BCUT2D eigenvalue weighted by atomic mass is 16.3. The summed E-state index contributed by atoms with van der Waals surface area (Å²) < 4.78 is 2.28. The van der Waals surface area contributed by atoms with Gasteiger partial charge in [-0.05, 0) is 38.8 Å². The highest BCUT2D eigenvalue weighted by Crippen LogP contribution is 2.43. The molecule has 1 saturated heterocycles. The summed E-state index contributed by atoms with van der Waals surface area (Å²) in [4.78, 5) is 11.9. The standard InChI is InChI=1S/C22H26N4O/c1-15-23-13-19-21(24-15)20-17-9-6-11-25(17)12-10-18(20)26(19)14-22(2,27)16-7-4-3-5-8-16/h3-5,7-8,13,17,27H,6,9-12,14H2,1-2H3. The first kappa shape index (κ1) is 16.9. The van der Waals surface area contributed by atoms with Gasteiger partial charge in [0, 0.05) is 30.3 Å².